The van der Waals surface area contributed by atoms with Crippen LogP contribution in [0, 0.1) is 0 Å². The van der Waals surface area contributed by atoms with Gasteiger partial charge in [-0.2, -0.15) is 0 Å². The Balaban J connectivity index is 1.37. The third-order valence-corrected chi connectivity index (χ3v) is 4.33. The first-order valence-electron chi connectivity index (χ1n) is 8.31. The minimum Gasteiger partial charge on any atom is -0.371 e. The van der Waals surface area contributed by atoms with E-state index in [2.05, 4.69) is 20.8 Å². The Morgan fingerprint density at radius 1 is 1.16 bits per heavy atom. The van der Waals surface area contributed by atoms with Crippen LogP contribution in [0.25, 0.3) is 5.65 Å². The van der Waals surface area contributed by atoms with Crippen molar-refractivity contribution >= 4 is 11.7 Å². The molecule has 1 aromatic carbocycles. The lowest BCUT2D eigenvalue weighted by Crippen LogP contribution is -2.43. The van der Waals surface area contributed by atoms with Gasteiger partial charge < -0.3 is 15.4 Å². The Hall–Kier alpha value is -2.93. The monoisotopic (exact) mass is 337 g/mol. The molecule has 0 aliphatic carbocycles. The standard InChI is InChI=1S/C18H19N5O2/c24-18(19-12-16-22-21-15-8-4-5-10-23(15)16)20-14-9-11-25-17(14)13-6-2-1-3-7-13/h1-8,10,14,17H,9,11-12H2,(H2,19,20,24)/t14-,17-/m1/s1. The number of pyridine rings is 1. The van der Waals surface area contributed by atoms with E-state index >= 15 is 0 Å². The van der Waals surface area contributed by atoms with Crippen LogP contribution in [0.2, 0.25) is 0 Å². The fourth-order valence-electron chi connectivity index (χ4n) is 3.10. The summed E-state index contributed by atoms with van der Waals surface area (Å²) >= 11 is 0. The molecule has 0 saturated carbocycles. The highest BCUT2D eigenvalue weighted by molar-refractivity contribution is 5.74. The number of nitrogens with one attached hydrogen (secondary N) is 2. The van der Waals surface area contributed by atoms with Crippen molar-refractivity contribution in [2.75, 3.05) is 6.61 Å². The zero-order valence-electron chi connectivity index (χ0n) is 13.6. The van der Waals surface area contributed by atoms with E-state index in [4.69, 9.17) is 4.74 Å². The second-order valence-corrected chi connectivity index (χ2v) is 5.97. The van der Waals surface area contributed by atoms with Gasteiger partial charge in [0.15, 0.2) is 11.5 Å². The number of ether oxygens (including phenoxy) is 1. The summed E-state index contributed by atoms with van der Waals surface area (Å²) in [6.07, 6.45) is 2.56. The molecule has 4 rings (SSSR count). The van der Waals surface area contributed by atoms with E-state index in [1.807, 2.05) is 59.1 Å². The quantitative estimate of drug-likeness (QED) is 0.764. The first-order chi connectivity index (χ1) is 12.3. The van der Waals surface area contributed by atoms with Crippen LogP contribution >= 0.6 is 0 Å². The number of benzene rings is 1. The number of aromatic nitrogens is 3. The molecule has 1 fully saturated rings. The molecule has 7 heteroatoms. The number of hydrogen-bond donors (Lipinski definition) is 2. The fraction of sp³-hybridized carbons (Fsp3) is 0.278. The van der Waals surface area contributed by atoms with Gasteiger partial charge in [0.1, 0.15) is 6.10 Å². The Morgan fingerprint density at radius 3 is 2.88 bits per heavy atom. The molecule has 2 aromatic heterocycles. The molecule has 128 valence electrons. The molecule has 2 N–H and O–H groups in total. The number of hydrogen-bond acceptors (Lipinski definition) is 4. The molecular weight excluding hydrogens is 318 g/mol. The summed E-state index contributed by atoms with van der Waals surface area (Å²) in [6, 6.07) is 15.4. The van der Waals surface area contributed by atoms with Gasteiger partial charge in [-0.3, -0.25) is 4.40 Å². The first kappa shape index (κ1) is 15.6. The highest BCUT2D eigenvalue weighted by Crippen LogP contribution is 2.28. The summed E-state index contributed by atoms with van der Waals surface area (Å²) in [6.45, 7) is 0.944. The van der Waals surface area contributed by atoms with Crippen LogP contribution in [0.15, 0.2) is 54.7 Å². The minimum atomic E-state index is -0.232. The molecule has 25 heavy (non-hydrogen) atoms. The van der Waals surface area contributed by atoms with Gasteiger partial charge in [0, 0.05) is 12.8 Å². The number of nitrogens with zero attached hydrogens (tertiary/aromatic N) is 3. The predicted octanol–water partition coefficient (Wildman–Crippen LogP) is 2.06. The number of amides is 2. The van der Waals surface area contributed by atoms with E-state index in [0.717, 1.165) is 17.6 Å². The maximum absolute atomic E-state index is 12.3. The maximum atomic E-state index is 12.3. The van der Waals surface area contributed by atoms with Crippen molar-refractivity contribution in [1.29, 1.82) is 0 Å². The number of fused-ring (bicyclic) bond motifs is 1. The Labute approximate surface area is 145 Å². The van der Waals surface area contributed by atoms with Gasteiger partial charge in [0.25, 0.3) is 0 Å². The molecule has 1 aliphatic heterocycles. The van der Waals surface area contributed by atoms with E-state index in [9.17, 15) is 4.79 Å². The molecule has 2 atom stereocenters. The van der Waals surface area contributed by atoms with Crippen molar-refractivity contribution in [2.24, 2.45) is 0 Å². The molecule has 2 amide bonds. The summed E-state index contributed by atoms with van der Waals surface area (Å²) in [5, 5.41) is 14.0. The lowest BCUT2D eigenvalue weighted by molar-refractivity contribution is 0.0999. The van der Waals surface area contributed by atoms with Crippen LogP contribution in [-0.4, -0.2) is 33.3 Å². The molecule has 0 unspecified atom stereocenters. The Kier molecular flexibility index (Phi) is 4.30. The average Bonchev–Trinajstić information content (AvgIpc) is 3.27. The molecule has 0 spiro atoms. The largest absolute Gasteiger partial charge is 0.371 e. The highest BCUT2D eigenvalue weighted by atomic mass is 16.5. The molecule has 7 nitrogen and oxygen atoms in total. The number of urea groups is 1. The smallest absolute Gasteiger partial charge is 0.315 e. The number of carbonyl (C=O) groups is 1. The normalized spacial score (nSPS) is 19.8. The maximum Gasteiger partial charge on any atom is 0.315 e. The first-order valence-corrected chi connectivity index (χ1v) is 8.31. The van der Waals surface area contributed by atoms with E-state index in [1.165, 1.54) is 0 Å². The van der Waals surface area contributed by atoms with Crippen LogP contribution < -0.4 is 10.6 Å². The molecule has 1 saturated heterocycles. The van der Waals surface area contributed by atoms with Gasteiger partial charge in [-0.25, -0.2) is 4.79 Å². The third kappa shape index (κ3) is 3.32. The average molecular weight is 337 g/mol. The van der Waals surface area contributed by atoms with Gasteiger partial charge in [-0.05, 0) is 24.1 Å². The van der Waals surface area contributed by atoms with Crippen molar-refractivity contribution in [3.8, 4) is 0 Å². The van der Waals surface area contributed by atoms with Crippen molar-refractivity contribution in [1.82, 2.24) is 25.2 Å². The van der Waals surface area contributed by atoms with Crippen LogP contribution in [0.5, 0.6) is 0 Å². The fourth-order valence-corrected chi connectivity index (χ4v) is 3.10. The second kappa shape index (κ2) is 6.90. The second-order valence-electron chi connectivity index (χ2n) is 5.97. The lowest BCUT2D eigenvalue weighted by atomic mass is 10.0. The van der Waals surface area contributed by atoms with E-state index in [-0.39, 0.29) is 18.2 Å². The van der Waals surface area contributed by atoms with Crippen LogP contribution in [0.4, 0.5) is 4.79 Å². The zero-order valence-corrected chi connectivity index (χ0v) is 13.6. The van der Waals surface area contributed by atoms with Gasteiger partial charge in [0.05, 0.1) is 12.6 Å². The van der Waals surface area contributed by atoms with Crippen molar-refractivity contribution in [3.63, 3.8) is 0 Å². The summed E-state index contributed by atoms with van der Waals surface area (Å²) in [5.74, 6) is 0.688. The molecule has 3 heterocycles. The summed E-state index contributed by atoms with van der Waals surface area (Å²) < 4.78 is 7.64. The Morgan fingerprint density at radius 2 is 2.00 bits per heavy atom. The summed E-state index contributed by atoms with van der Waals surface area (Å²) in [7, 11) is 0. The Bertz CT molecular complexity index is 864. The van der Waals surface area contributed by atoms with Crippen molar-refractivity contribution < 1.29 is 9.53 Å². The third-order valence-electron chi connectivity index (χ3n) is 4.33. The van der Waals surface area contributed by atoms with Crippen LogP contribution in [-0.2, 0) is 11.3 Å². The van der Waals surface area contributed by atoms with E-state index in [0.29, 0.717) is 19.0 Å². The number of rotatable bonds is 4. The molecular formula is C18H19N5O2. The lowest BCUT2D eigenvalue weighted by Gasteiger charge is -2.20. The number of carbonyl (C=O) groups excluding carboxylic acids is 1. The van der Waals surface area contributed by atoms with Gasteiger partial charge in [-0.1, -0.05) is 36.4 Å². The SMILES string of the molecule is O=C(NCc1nnc2ccccn12)N[C@@H]1CCO[C@@H]1c1ccccc1. The summed E-state index contributed by atoms with van der Waals surface area (Å²) in [5.41, 5.74) is 1.83. The van der Waals surface area contributed by atoms with Crippen LogP contribution in [0.3, 0.4) is 0 Å². The van der Waals surface area contributed by atoms with E-state index in [1.54, 1.807) is 0 Å². The van der Waals surface area contributed by atoms with Gasteiger partial charge in [-0.15, -0.1) is 10.2 Å². The molecule has 1 aliphatic rings. The molecule has 3 aromatic rings. The topological polar surface area (TPSA) is 80.6 Å². The van der Waals surface area contributed by atoms with Crippen molar-refractivity contribution in [3.05, 3.63) is 66.1 Å². The van der Waals surface area contributed by atoms with Crippen molar-refractivity contribution in [2.45, 2.75) is 25.1 Å². The highest BCUT2D eigenvalue weighted by Gasteiger charge is 2.30. The van der Waals surface area contributed by atoms with Gasteiger partial charge in [0.2, 0.25) is 0 Å². The van der Waals surface area contributed by atoms with E-state index < -0.39 is 0 Å². The predicted molar refractivity (Wildman–Crippen MR) is 91.9 cm³/mol. The molecule has 0 radical (unpaired) electrons. The van der Waals surface area contributed by atoms with Crippen LogP contribution in [0.1, 0.15) is 23.9 Å². The minimum absolute atomic E-state index is 0.0439. The molecule has 0 bridgehead atoms. The summed E-state index contributed by atoms with van der Waals surface area (Å²) in [4.78, 5) is 12.3. The van der Waals surface area contributed by atoms with Gasteiger partial charge >= 0.3 is 6.03 Å². The zero-order chi connectivity index (χ0) is 17.1.